The number of nitrogens with zero attached hydrogens (tertiary/aromatic N) is 1. The average Bonchev–Trinajstić information content (AvgIpc) is 2.67. The van der Waals surface area contributed by atoms with Gasteiger partial charge in [0.2, 0.25) is 0 Å². The molecule has 2 saturated heterocycles. The summed E-state index contributed by atoms with van der Waals surface area (Å²) in [6, 6.07) is 7.52. The summed E-state index contributed by atoms with van der Waals surface area (Å²) in [5.74, 6) is -1.14. The Hall–Kier alpha value is -1.92. The van der Waals surface area contributed by atoms with Crippen LogP contribution in [0.3, 0.4) is 0 Å². The lowest BCUT2D eigenvalue weighted by molar-refractivity contribution is -0.143. The zero-order chi connectivity index (χ0) is 17.6. The number of rotatable bonds is 5. The molecule has 6 heteroatoms. The van der Waals surface area contributed by atoms with E-state index in [-0.39, 0.29) is 17.9 Å². The molecule has 0 aromatic heterocycles. The molecule has 0 atom stereocenters. The van der Waals surface area contributed by atoms with Crippen LogP contribution >= 0.6 is 0 Å². The van der Waals surface area contributed by atoms with Crippen molar-refractivity contribution in [3.05, 3.63) is 35.4 Å². The number of aliphatic carboxylic acids is 1. The quantitative estimate of drug-likeness (QED) is 0.885. The number of ether oxygens (including phenoxy) is 2. The Morgan fingerprint density at radius 1 is 1.12 bits per heavy atom. The first-order valence-electron chi connectivity index (χ1n) is 8.94. The van der Waals surface area contributed by atoms with Crippen LogP contribution in [-0.2, 0) is 20.9 Å². The Bertz CT molecular complexity index is 604. The lowest BCUT2D eigenvalue weighted by atomic mass is 9.96. The molecule has 0 bridgehead atoms. The predicted molar refractivity (Wildman–Crippen MR) is 91.3 cm³/mol. The van der Waals surface area contributed by atoms with Crippen LogP contribution in [0.4, 0.5) is 0 Å². The van der Waals surface area contributed by atoms with Gasteiger partial charge in [-0.1, -0.05) is 18.2 Å². The number of hydrogen-bond donors (Lipinski definition) is 1. The minimum absolute atomic E-state index is 0.0324. The van der Waals surface area contributed by atoms with Crippen LogP contribution in [-0.4, -0.2) is 54.3 Å². The summed E-state index contributed by atoms with van der Waals surface area (Å²) in [6.45, 7) is 2.85. The van der Waals surface area contributed by atoms with Gasteiger partial charge >= 0.3 is 5.97 Å². The molecule has 0 saturated carbocycles. The minimum atomic E-state index is -0.766. The second kappa shape index (κ2) is 8.45. The number of carbonyl (C=O) groups excluding carboxylic acids is 1. The number of hydrogen-bond acceptors (Lipinski definition) is 4. The molecule has 2 heterocycles. The van der Waals surface area contributed by atoms with Gasteiger partial charge in [0, 0.05) is 31.9 Å². The van der Waals surface area contributed by atoms with Crippen LogP contribution in [0.25, 0.3) is 0 Å². The zero-order valence-corrected chi connectivity index (χ0v) is 14.4. The first-order chi connectivity index (χ1) is 12.1. The fourth-order valence-corrected chi connectivity index (χ4v) is 3.40. The number of carboxylic acids is 1. The van der Waals surface area contributed by atoms with Gasteiger partial charge in [-0.2, -0.15) is 0 Å². The van der Waals surface area contributed by atoms with Crippen LogP contribution in [0.15, 0.2) is 24.3 Å². The van der Waals surface area contributed by atoms with Crippen molar-refractivity contribution in [1.29, 1.82) is 0 Å². The number of likely N-dealkylation sites (tertiary alicyclic amines) is 1. The van der Waals surface area contributed by atoms with Gasteiger partial charge in [-0.05, 0) is 37.3 Å². The Morgan fingerprint density at radius 2 is 1.80 bits per heavy atom. The molecule has 0 radical (unpaired) electrons. The number of benzene rings is 1. The second-order valence-electron chi connectivity index (χ2n) is 6.68. The molecule has 2 aliphatic rings. The molecule has 3 rings (SSSR count). The van der Waals surface area contributed by atoms with E-state index in [0.29, 0.717) is 38.1 Å². The standard InChI is InChI=1S/C19H25NO5/c21-18(20-9-5-14(6-10-20)19(22)23)17-4-2-1-3-15(17)13-25-16-7-11-24-12-8-16/h1-4,14,16H,5-13H2,(H,22,23). The highest BCUT2D eigenvalue weighted by atomic mass is 16.5. The molecular formula is C19H25NO5. The Labute approximate surface area is 147 Å². The van der Waals surface area contributed by atoms with E-state index in [4.69, 9.17) is 14.6 Å². The lowest BCUT2D eigenvalue weighted by Crippen LogP contribution is -2.40. The molecule has 0 unspecified atom stereocenters. The summed E-state index contributed by atoms with van der Waals surface area (Å²) in [4.78, 5) is 25.7. The molecule has 136 valence electrons. The third kappa shape index (κ3) is 4.58. The van der Waals surface area contributed by atoms with Crippen molar-refractivity contribution in [1.82, 2.24) is 4.90 Å². The highest BCUT2D eigenvalue weighted by Crippen LogP contribution is 2.22. The number of carbonyl (C=O) groups is 2. The smallest absolute Gasteiger partial charge is 0.306 e. The van der Waals surface area contributed by atoms with Gasteiger partial charge in [-0.3, -0.25) is 9.59 Å². The normalized spacial score (nSPS) is 19.8. The zero-order valence-electron chi connectivity index (χ0n) is 14.4. The molecule has 0 spiro atoms. The van der Waals surface area contributed by atoms with Gasteiger partial charge in [0.05, 0.1) is 18.6 Å². The summed E-state index contributed by atoms with van der Waals surface area (Å²) >= 11 is 0. The first-order valence-corrected chi connectivity index (χ1v) is 8.94. The van der Waals surface area contributed by atoms with E-state index in [1.165, 1.54) is 0 Å². The SMILES string of the molecule is O=C(O)C1CCN(C(=O)c2ccccc2COC2CCOCC2)CC1. The monoisotopic (exact) mass is 347 g/mol. The number of carboxylic acid groups (broad SMARTS) is 1. The highest BCUT2D eigenvalue weighted by Gasteiger charge is 2.28. The van der Waals surface area contributed by atoms with Gasteiger partial charge in [-0.15, -0.1) is 0 Å². The van der Waals surface area contributed by atoms with Crippen molar-refractivity contribution < 1.29 is 24.2 Å². The largest absolute Gasteiger partial charge is 0.481 e. The summed E-state index contributed by atoms with van der Waals surface area (Å²) in [5.41, 5.74) is 1.54. The molecule has 1 aromatic rings. The van der Waals surface area contributed by atoms with Crippen LogP contribution in [0.5, 0.6) is 0 Å². The molecular weight excluding hydrogens is 322 g/mol. The van der Waals surface area contributed by atoms with Crippen LogP contribution in [0.2, 0.25) is 0 Å². The molecule has 1 aromatic carbocycles. The summed E-state index contributed by atoms with van der Waals surface area (Å²) in [5, 5.41) is 9.09. The maximum absolute atomic E-state index is 12.9. The highest BCUT2D eigenvalue weighted by molar-refractivity contribution is 5.95. The van der Waals surface area contributed by atoms with Gasteiger partial charge in [0.25, 0.3) is 5.91 Å². The predicted octanol–water partition coefficient (Wildman–Crippen LogP) is 2.32. The van der Waals surface area contributed by atoms with Crippen molar-refractivity contribution in [2.24, 2.45) is 5.92 Å². The van der Waals surface area contributed by atoms with E-state index in [1.54, 1.807) is 4.90 Å². The number of amides is 1. The Kier molecular flexibility index (Phi) is 6.04. The maximum Gasteiger partial charge on any atom is 0.306 e. The van der Waals surface area contributed by atoms with E-state index in [2.05, 4.69) is 0 Å². The fourth-order valence-electron chi connectivity index (χ4n) is 3.40. The van der Waals surface area contributed by atoms with E-state index in [0.717, 1.165) is 31.6 Å². The third-order valence-corrected chi connectivity index (χ3v) is 5.02. The summed E-state index contributed by atoms with van der Waals surface area (Å²) in [7, 11) is 0. The van der Waals surface area contributed by atoms with E-state index < -0.39 is 5.97 Å². The molecule has 1 amide bonds. The topological polar surface area (TPSA) is 76.1 Å². The van der Waals surface area contributed by atoms with Crippen LogP contribution in [0, 0.1) is 5.92 Å². The molecule has 2 aliphatic heterocycles. The van der Waals surface area contributed by atoms with Crippen molar-refractivity contribution in [3.63, 3.8) is 0 Å². The molecule has 0 aliphatic carbocycles. The molecule has 6 nitrogen and oxygen atoms in total. The van der Waals surface area contributed by atoms with Gasteiger partial charge < -0.3 is 19.5 Å². The third-order valence-electron chi connectivity index (χ3n) is 5.02. The summed E-state index contributed by atoms with van der Waals surface area (Å²) in [6.07, 6.45) is 2.99. The van der Waals surface area contributed by atoms with Crippen molar-refractivity contribution in [2.45, 2.75) is 38.4 Å². The fraction of sp³-hybridized carbons (Fsp3) is 0.579. The maximum atomic E-state index is 12.9. The number of piperidine rings is 1. The Balaban J connectivity index is 1.61. The van der Waals surface area contributed by atoms with Crippen LogP contribution in [0.1, 0.15) is 41.6 Å². The van der Waals surface area contributed by atoms with Gasteiger partial charge in [0.1, 0.15) is 0 Å². The average molecular weight is 347 g/mol. The van der Waals surface area contributed by atoms with Crippen molar-refractivity contribution in [3.8, 4) is 0 Å². The molecule has 2 fully saturated rings. The van der Waals surface area contributed by atoms with E-state index in [9.17, 15) is 9.59 Å². The lowest BCUT2D eigenvalue weighted by Gasteiger charge is -2.31. The van der Waals surface area contributed by atoms with Gasteiger partial charge in [0.15, 0.2) is 0 Å². The van der Waals surface area contributed by atoms with Crippen molar-refractivity contribution in [2.75, 3.05) is 26.3 Å². The van der Waals surface area contributed by atoms with Gasteiger partial charge in [-0.25, -0.2) is 0 Å². The molecule has 25 heavy (non-hydrogen) atoms. The Morgan fingerprint density at radius 3 is 2.48 bits per heavy atom. The first kappa shape index (κ1) is 17.9. The van der Waals surface area contributed by atoms with Crippen LogP contribution < -0.4 is 0 Å². The molecule has 1 N–H and O–H groups in total. The van der Waals surface area contributed by atoms with E-state index >= 15 is 0 Å². The van der Waals surface area contributed by atoms with Crippen molar-refractivity contribution >= 4 is 11.9 Å². The summed E-state index contributed by atoms with van der Waals surface area (Å²) < 4.78 is 11.3. The minimum Gasteiger partial charge on any atom is -0.481 e. The van der Waals surface area contributed by atoms with E-state index in [1.807, 2.05) is 24.3 Å². The second-order valence-corrected chi connectivity index (χ2v) is 6.68.